The minimum Gasteiger partial charge on any atom is -0.492 e. The third kappa shape index (κ3) is 3.24. The molecule has 0 radical (unpaired) electrons. The fourth-order valence-corrected chi connectivity index (χ4v) is 3.53. The first-order valence-electron chi connectivity index (χ1n) is 9.21. The quantitative estimate of drug-likeness (QED) is 0.636. The van der Waals surface area contributed by atoms with Crippen molar-refractivity contribution in [3.63, 3.8) is 0 Å². The van der Waals surface area contributed by atoms with E-state index in [4.69, 9.17) is 4.74 Å². The van der Waals surface area contributed by atoms with E-state index in [0.29, 0.717) is 10.6 Å². The van der Waals surface area contributed by atoms with Gasteiger partial charge in [-0.1, -0.05) is 60.7 Å². The Kier molecular flexibility index (Phi) is 4.85. The minimum absolute atomic E-state index is 0.139. The van der Waals surface area contributed by atoms with Crippen LogP contribution in [0.2, 0.25) is 0 Å². The standard InChI is InChI=1S/C22H17F3N2O3/c23-22(24,25)21(17-8-2-1-3-9-17)19(28)27(20(29)26-21)12-13-30-18-11-10-15-6-4-5-7-16(15)14-18/h1-11,14H,12-13H2,(H,26,29). The number of imide groups is 1. The first kappa shape index (κ1) is 19.8. The molecule has 1 aliphatic rings. The van der Waals surface area contributed by atoms with E-state index in [1.807, 2.05) is 35.6 Å². The summed E-state index contributed by atoms with van der Waals surface area (Å²) in [6.45, 7) is -0.456. The van der Waals surface area contributed by atoms with Crippen LogP contribution in [0.25, 0.3) is 10.8 Å². The van der Waals surface area contributed by atoms with Gasteiger partial charge in [0, 0.05) is 0 Å². The summed E-state index contributed by atoms with van der Waals surface area (Å²) < 4.78 is 47.4. The van der Waals surface area contributed by atoms with Crippen LogP contribution in [0.3, 0.4) is 0 Å². The summed E-state index contributed by atoms with van der Waals surface area (Å²) in [5, 5.41) is 3.80. The number of carbonyl (C=O) groups is 2. The van der Waals surface area contributed by atoms with Gasteiger partial charge in [-0.3, -0.25) is 9.69 Å². The van der Waals surface area contributed by atoms with Gasteiger partial charge in [-0.25, -0.2) is 4.79 Å². The molecule has 8 heteroatoms. The molecule has 5 nitrogen and oxygen atoms in total. The molecular formula is C22H17F3N2O3. The lowest BCUT2D eigenvalue weighted by Gasteiger charge is -2.29. The maximum Gasteiger partial charge on any atom is 0.425 e. The third-order valence-corrected chi connectivity index (χ3v) is 5.04. The topological polar surface area (TPSA) is 58.6 Å². The zero-order valence-electron chi connectivity index (χ0n) is 15.6. The third-order valence-electron chi connectivity index (χ3n) is 5.04. The molecule has 3 aromatic carbocycles. The molecule has 1 N–H and O–H groups in total. The van der Waals surface area contributed by atoms with E-state index in [-0.39, 0.29) is 18.7 Å². The molecule has 1 aliphatic heterocycles. The Morgan fingerprint density at radius 3 is 2.27 bits per heavy atom. The van der Waals surface area contributed by atoms with Crippen molar-refractivity contribution < 1.29 is 27.5 Å². The van der Waals surface area contributed by atoms with Crippen molar-refractivity contribution >= 4 is 22.7 Å². The van der Waals surface area contributed by atoms with Crippen molar-refractivity contribution in [1.82, 2.24) is 10.2 Å². The number of hydrogen-bond acceptors (Lipinski definition) is 3. The van der Waals surface area contributed by atoms with E-state index in [1.165, 1.54) is 30.3 Å². The Bertz CT molecular complexity index is 1100. The minimum atomic E-state index is -5.00. The Morgan fingerprint density at radius 1 is 0.900 bits per heavy atom. The van der Waals surface area contributed by atoms with Gasteiger partial charge in [0.2, 0.25) is 5.54 Å². The van der Waals surface area contributed by atoms with Crippen LogP contribution in [0, 0.1) is 0 Å². The maximum absolute atomic E-state index is 13.9. The van der Waals surface area contributed by atoms with E-state index in [9.17, 15) is 22.8 Å². The number of urea groups is 1. The smallest absolute Gasteiger partial charge is 0.425 e. The number of hydrogen-bond donors (Lipinski definition) is 1. The Labute approximate surface area is 170 Å². The van der Waals surface area contributed by atoms with E-state index < -0.39 is 23.7 Å². The fourth-order valence-electron chi connectivity index (χ4n) is 3.53. The molecule has 1 unspecified atom stereocenters. The number of fused-ring (bicyclic) bond motifs is 1. The normalized spacial score (nSPS) is 19.2. The van der Waals surface area contributed by atoms with Crippen molar-refractivity contribution in [2.75, 3.05) is 13.2 Å². The van der Waals surface area contributed by atoms with Crippen molar-refractivity contribution in [1.29, 1.82) is 0 Å². The lowest BCUT2D eigenvalue weighted by atomic mass is 9.89. The van der Waals surface area contributed by atoms with Gasteiger partial charge in [-0.05, 0) is 28.5 Å². The second-order valence-electron chi connectivity index (χ2n) is 6.86. The monoisotopic (exact) mass is 414 g/mol. The molecule has 154 valence electrons. The average Bonchev–Trinajstić information content (AvgIpc) is 3.00. The molecule has 0 aromatic heterocycles. The van der Waals surface area contributed by atoms with Crippen LogP contribution in [0.1, 0.15) is 5.56 Å². The summed E-state index contributed by atoms with van der Waals surface area (Å²) in [6, 6.07) is 18.5. The number of rotatable bonds is 5. The van der Waals surface area contributed by atoms with Gasteiger partial charge in [0.05, 0.1) is 6.54 Å². The van der Waals surface area contributed by atoms with Crippen LogP contribution in [-0.2, 0) is 10.3 Å². The van der Waals surface area contributed by atoms with Crippen LogP contribution in [0.4, 0.5) is 18.0 Å². The highest BCUT2D eigenvalue weighted by Crippen LogP contribution is 2.43. The molecule has 1 fully saturated rings. The molecule has 0 spiro atoms. The summed E-state index contributed by atoms with van der Waals surface area (Å²) in [7, 11) is 0. The highest BCUT2D eigenvalue weighted by atomic mass is 19.4. The number of amides is 3. The molecular weight excluding hydrogens is 397 g/mol. The van der Waals surface area contributed by atoms with Crippen LogP contribution >= 0.6 is 0 Å². The first-order chi connectivity index (χ1) is 14.3. The van der Waals surface area contributed by atoms with Crippen LogP contribution in [0.5, 0.6) is 5.75 Å². The lowest BCUT2D eigenvalue weighted by Crippen LogP contribution is -2.55. The van der Waals surface area contributed by atoms with Crippen molar-refractivity contribution in [3.05, 3.63) is 78.4 Å². The summed E-state index contributed by atoms with van der Waals surface area (Å²) in [5.74, 6) is -0.876. The molecule has 30 heavy (non-hydrogen) atoms. The van der Waals surface area contributed by atoms with Crippen LogP contribution in [-0.4, -0.2) is 36.2 Å². The Hall–Kier alpha value is -3.55. The van der Waals surface area contributed by atoms with E-state index in [2.05, 4.69) is 0 Å². The zero-order chi connectivity index (χ0) is 21.4. The van der Waals surface area contributed by atoms with Gasteiger partial charge in [-0.2, -0.15) is 13.2 Å². The fraction of sp³-hybridized carbons (Fsp3) is 0.182. The second-order valence-corrected chi connectivity index (χ2v) is 6.86. The van der Waals surface area contributed by atoms with Crippen LogP contribution < -0.4 is 10.1 Å². The van der Waals surface area contributed by atoms with Crippen molar-refractivity contribution in [3.8, 4) is 5.75 Å². The molecule has 1 heterocycles. The summed E-state index contributed by atoms with van der Waals surface area (Å²) in [6.07, 6.45) is -5.00. The maximum atomic E-state index is 13.9. The largest absolute Gasteiger partial charge is 0.492 e. The molecule has 3 aromatic rings. The number of halogens is 3. The van der Waals surface area contributed by atoms with Crippen molar-refractivity contribution in [2.45, 2.75) is 11.7 Å². The second kappa shape index (κ2) is 7.37. The van der Waals surface area contributed by atoms with E-state index in [0.717, 1.165) is 10.8 Å². The molecule has 1 saturated heterocycles. The molecule has 1 atom stereocenters. The molecule has 4 rings (SSSR count). The summed E-state index contributed by atoms with van der Waals surface area (Å²) >= 11 is 0. The van der Waals surface area contributed by atoms with Crippen LogP contribution in [0.15, 0.2) is 72.8 Å². The van der Waals surface area contributed by atoms with Gasteiger partial charge >= 0.3 is 12.2 Å². The number of benzene rings is 3. The number of ether oxygens (including phenoxy) is 1. The SMILES string of the molecule is O=C1NC(c2ccccc2)(C(F)(F)F)C(=O)N1CCOc1ccc2ccccc2c1. The summed E-state index contributed by atoms with van der Waals surface area (Å²) in [4.78, 5) is 25.6. The van der Waals surface area contributed by atoms with Gasteiger partial charge < -0.3 is 10.1 Å². The predicted molar refractivity (Wildman–Crippen MR) is 104 cm³/mol. The number of nitrogens with one attached hydrogen (secondary N) is 1. The number of alkyl halides is 3. The van der Waals surface area contributed by atoms with E-state index in [1.54, 1.807) is 12.1 Å². The molecule has 0 aliphatic carbocycles. The number of nitrogens with zero attached hydrogens (tertiary/aromatic N) is 1. The summed E-state index contributed by atoms with van der Waals surface area (Å²) in [5.41, 5.74) is -3.44. The predicted octanol–water partition coefficient (Wildman–Crippen LogP) is 4.23. The van der Waals surface area contributed by atoms with E-state index >= 15 is 0 Å². The highest BCUT2D eigenvalue weighted by molar-refractivity contribution is 6.08. The Morgan fingerprint density at radius 2 is 1.57 bits per heavy atom. The van der Waals surface area contributed by atoms with Gasteiger partial charge in [0.15, 0.2) is 0 Å². The molecule has 3 amide bonds. The van der Waals surface area contributed by atoms with Crippen molar-refractivity contribution in [2.24, 2.45) is 0 Å². The first-order valence-corrected chi connectivity index (χ1v) is 9.21. The van der Waals surface area contributed by atoms with Gasteiger partial charge in [0.25, 0.3) is 5.91 Å². The lowest BCUT2D eigenvalue weighted by molar-refractivity contribution is -0.198. The number of carbonyl (C=O) groups excluding carboxylic acids is 2. The molecule has 0 saturated carbocycles. The average molecular weight is 414 g/mol. The zero-order valence-corrected chi connectivity index (χ0v) is 15.6. The Balaban J connectivity index is 1.52. The highest BCUT2D eigenvalue weighted by Gasteiger charge is 2.68. The van der Waals surface area contributed by atoms with Gasteiger partial charge in [0.1, 0.15) is 12.4 Å². The van der Waals surface area contributed by atoms with Gasteiger partial charge in [-0.15, -0.1) is 0 Å². The molecule has 0 bridgehead atoms.